The summed E-state index contributed by atoms with van der Waals surface area (Å²) in [4.78, 5) is 2.46. The predicted octanol–water partition coefficient (Wildman–Crippen LogP) is 2.08. The zero-order valence-corrected chi connectivity index (χ0v) is 11.1. The Labute approximate surface area is 107 Å². The van der Waals surface area contributed by atoms with Crippen molar-refractivity contribution in [1.82, 2.24) is 4.90 Å². The van der Waals surface area contributed by atoms with E-state index in [2.05, 4.69) is 23.6 Å². The van der Waals surface area contributed by atoms with Gasteiger partial charge in [0.15, 0.2) is 0 Å². The van der Waals surface area contributed by atoms with Crippen molar-refractivity contribution in [3.63, 3.8) is 0 Å². The van der Waals surface area contributed by atoms with Crippen molar-refractivity contribution < 1.29 is 4.74 Å². The molecule has 0 spiro atoms. The Morgan fingerprint density at radius 2 is 2.29 bits per heavy atom. The summed E-state index contributed by atoms with van der Waals surface area (Å²) in [7, 11) is 0. The summed E-state index contributed by atoms with van der Waals surface area (Å²) in [6, 6.07) is 7.66. The van der Waals surface area contributed by atoms with Crippen LogP contribution in [0.15, 0.2) is 24.3 Å². The molecule has 1 aliphatic rings. The Kier molecular flexibility index (Phi) is 4.57. The molecular formula is C13H20N2OS. The van der Waals surface area contributed by atoms with E-state index in [1.165, 1.54) is 12.3 Å². The molecule has 2 rings (SSSR count). The molecule has 1 atom stereocenters. The number of nitrogens with zero attached hydrogens (tertiary/aromatic N) is 1. The van der Waals surface area contributed by atoms with E-state index >= 15 is 0 Å². The summed E-state index contributed by atoms with van der Waals surface area (Å²) in [6.07, 6.45) is 0. The molecule has 17 heavy (non-hydrogen) atoms. The zero-order chi connectivity index (χ0) is 12.1. The van der Waals surface area contributed by atoms with E-state index in [0.29, 0.717) is 6.61 Å². The molecule has 0 aliphatic carbocycles. The van der Waals surface area contributed by atoms with Crippen LogP contribution in [0.1, 0.15) is 6.92 Å². The van der Waals surface area contributed by atoms with Crippen LogP contribution in [0.25, 0.3) is 0 Å². The van der Waals surface area contributed by atoms with E-state index in [0.717, 1.165) is 29.8 Å². The van der Waals surface area contributed by atoms with Gasteiger partial charge >= 0.3 is 0 Å². The van der Waals surface area contributed by atoms with Gasteiger partial charge in [0, 0.05) is 30.6 Å². The number of anilines is 1. The largest absolute Gasteiger partial charge is 0.490 e. The van der Waals surface area contributed by atoms with Gasteiger partial charge in [-0.05, 0) is 12.1 Å². The minimum atomic E-state index is 0.714. The predicted molar refractivity (Wildman–Crippen MR) is 74.7 cm³/mol. The van der Waals surface area contributed by atoms with E-state index in [1.54, 1.807) is 0 Å². The highest BCUT2D eigenvalue weighted by Gasteiger charge is 2.16. The fraction of sp³-hybridized carbons (Fsp3) is 0.538. The molecule has 1 unspecified atom stereocenters. The fourth-order valence-electron chi connectivity index (χ4n) is 1.99. The first-order valence-electron chi connectivity index (χ1n) is 6.07. The van der Waals surface area contributed by atoms with E-state index in [9.17, 15) is 0 Å². The van der Waals surface area contributed by atoms with Crippen LogP contribution < -0.4 is 10.5 Å². The molecule has 0 saturated carbocycles. The molecule has 0 bridgehead atoms. The molecule has 0 amide bonds. The van der Waals surface area contributed by atoms with Crippen LogP contribution in [0.3, 0.4) is 0 Å². The van der Waals surface area contributed by atoms with Gasteiger partial charge in [0.25, 0.3) is 0 Å². The van der Waals surface area contributed by atoms with Crippen molar-refractivity contribution in [2.45, 2.75) is 12.2 Å². The number of hydrogen-bond donors (Lipinski definition) is 1. The van der Waals surface area contributed by atoms with Crippen molar-refractivity contribution in [2.24, 2.45) is 0 Å². The highest BCUT2D eigenvalue weighted by molar-refractivity contribution is 7.99. The molecule has 2 N–H and O–H groups in total. The van der Waals surface area contributed by atoms with Gasteiger partial charge in [0.1, 0.15) is 12.4 Å². The van der Waals surface area contributed by atoms with Crippen LogP contribution >= 0.6 is 11.8 Å². The number of nitrogen functional groups attached to an aromatic ring is 1. The third-order valence-electron chi connectivity index (χ3n) is 2.91. The zero-order valence-electron chi connectivity index (χ0n) is 10.3. The van der Waals surface area contributed by atoms with Crippen molar-refractivity contribution in [3.05, 3.63) is 24.3 Å². The van der Waals surface area contributed by atoms with Crippen LogP contribution in [0.4, 0.5) is 5.69 Å². The van der Waals surface area contributed by atoms with E-state index in [4.69, 9.17) is 10.5 Å². The summed E-state index contributed by atoms with van der Waals surface area (Å²) in [5.74, 6) is 2.03. The lowest BCUT2D eigenvalue weighted by atomic mass is 10.3. The van der Waals surface area contributed by atoms with Gasteiger partial charge in [-0.3, -0.25) is 4.90 Å². The summed E-state index contributed by atoms with van der Waals surface area (Å²) >= 11 is 2.05. The van der Waals surface area contributed by atoms with E-state index < -0.39 is 0 Å². The number of thioether (sulfide) groups is 1. The van der Waals surface area contributed by atoms with Crippen LogP contribution in [-0.4, -0.2) is 42.1 Å². The molecule has 94 valence electrons. The molecule has 4 heteroatoms. The highest BCUT2D eigenvalue weighted by Crippen LogP contribution is 2.20. The summed E-state index contributed by atoms with van der Waals surface area (Å²) in [5.41, 5.74) is 6.54. The first-order valence-corrected chi connectivity index (χ1v) is 7.12. The van der Waals surface area contributed by atoms with E-state index in [1.807, 2.05) is 24.3 Å². The average Bonchev–Trinajstić information content (AvgIpc) is 2.32. The van der Waals surface area contributed by atoms with E-state index in [-0.39, 0.29) is 0 Å². The topological polar surface area (TPSA) is 38.5 Å². The Balaban J connectivity index is 1.74. The number of nitrogens with two attached hydrogens (primary N) is 1. The molecule has 1 aliphatic heterocycles. The van der Waals surface area contributed by atoms with Crippen LogP contribution in [0.2, 0.25) is 0 Å². The molecular weight excluding hydrogens is 232 g/mol. The van der Waals surface area contributed by atoms with Crippen molar-refractivity contribution in [3.8, 4) is 5.75 Å². The van der Waals surface area contributed by atoms with Gasteiger partial charge in [0.2, 0.25) is 0 Å². The van der Waals surface area contributed by atoms with Crippen LogP contribution in [0, 0.1) is 0 Å². The number of para-hydroxylation sites is 2. The quantitative estimate of drug-likeness (QED) is 0.833. The minimum Gasteiger partial charge on any atom is -0.490 e. The SMILES string of the molecule is CC1CN(CCOc2ccccc2N)CCS1. The second-order valence-electron chi connectivity index (χ2n) is 4.37. The van der Waals surface area contributed by atoms with Gasteiger partial charge in [-0.15, -0.1) is 0 Å². The number of ether oxygens (including phenoxy) is 1. The molecule has 1 saturated heterocycles. The minimum absolute atomic E-state index is 0.714. The Bertz CT molecular complexity index is 359. The van der Waals surface area contributed by atoms with Gasteiger partial charge < -0.3 is 10.5 Å². The molecule has 1 aromatic carbocycles. The average molecular weight is 252 g/mol. The van der Waals surface area contributed by atoms with Gasteiger partial charge in [-0.2, -0.15) is 11.8 Å². The monoisotopic (exact) mass is 252 g/mol. The number of benzene rings is 1. The lowest BCUT2D eigenvalue weighted by molar-refractivity contribution is 0.215. The highest BCUT2D eigenvalue weighted by atomic mass is 32.2. The smallest absolute Gasteiger partial charge is 0.142 e. The van der Waals surface area contributed by atoms with Gasteiger partial charge in [0.05, 0.1) is 5.69 Å². The molecule has 1 aromatic rings. The standard InChI is InChI=1S/C13H20N2OS/c1-11-10-15(7-9-17-11)6-8-16-13-5-3-2-4-12(13)14/h2-5,11H,6-10,14H2,1H3. The number of hydrogen-bond acceptors (Lipinski definition) is 4. The first kappa shape index (κ1) is 12.6. The van der Waals surface area contributed by atoms with Crippen molar-refractivity contribution in [1.29, 1.82) is 0 Å². The van der Waals surface area contributed by atoms with Crippen LogP contribution in [-0.2, 0) is 0 Å². The summed E-state index contributed by atoms with van der Waals surface area (Å²) < 4.78 is 5.70. The van der Waals surface area contributed by atoms with Gasteiger partial charge in [-0.1, -0.05) is 19.1 Å². The summed E-state index contributed by atoms with van der Waals surface area (Å²) in [5, 5.41) is 0.741. The Morgan fingerprint density at radius 1 is 1.47 bits per heavy atom. The van der Waals surface area contributed by atoms with Crippen molar-refractivity contribution in [2.75, 3.05) is 37.7 Å². The second-order valence-corrected chi connectivity index (χ2v) is 5.91. The fourth-order valence-corrected chi connectivity index (χ4v) is 3.07. The van der Waals surface area contributed by atoms with Gasteiger partial charge in [-0.25, -0.2) is 0 Å². The lowest BCUT2D eigenvalue weighted by Crippen LogP contribution is -2.39. The second kappa shape index (κ2) is 6.17. The van der Waals surface area contributed by atoms with Crippen molar-refractivity contribution >= 4 is 17.4 Å². The number of rotatable bonds is 4. The molecule has 0 radical (unpaired) electrons. The molecule has 0 aromatic heterocycles. The normalized spacial score (nSPS) is 21.4. The summed E-state index contributed by atoms with van der Waals surface area (Å²) in [6.45, 7) is 6.32. The Hall–Kier alpha value is -0.870. The maximum absolute atomic E-state index is 5.82. The molecule has 1 heterocycles. The maximum Gasteiger partial charge on any atom is 0.142 e. The molecule has 1 fully saturated rings. The third kappa shape index (κ3) is 3.82. The Morgan fingerprint density at radius 3 is 3.06 bits per heavy atom. The first-order chi connectivity index (χ1) is 8.25. The van der Waals surface area contributed by atoms with Crippen LogP contribution in [0.5, 0.6) is 5.75 Å². The maximum atomic E-state index is 5.82. The lowest BCUT2D eigenvalue weighted by Gasteiger charge is -2.30. The molecule has 3 nitrogen and oxygen atoms in total. The third-order valence-corrected chi connectivity index (χ3v) is 4.05.